The number of hydrazone groups is 1. The molecule has 0 aliphatic carbocycles. The number of aliphatic imine (C=N–C) groups is 1. The van der Waals surface area contributed by atoms with Gasteiger partial charge in [0, 0.05) is 12.4 Å². The third-order valence-corrected chi connectivity index (χ3v) is 0.441. The summed E-state index contributed by atoms with van der Waals surface area (Å²) in [5.74, 6) is 0. The van der Waals surface area contributed by atoms with Gasteiger partial charge in [0.1, 0.15) is 6.34 Å². The van der Waals surface area contributed by atoms with Crippen molar-refractivity contribution in [2.75, 3.05) is 0 Å². The maximum Gasteiger partial charge on any atom is 0.108 e. The largest absolute Gasteiger partial charge is 0.268 e. The topological polar surface area (TPSA) is 36.8 Å². The molecule has 0 aromatic heterocycles. The van der Waals surface area contributed by atoms with E-state index in [0.29, 0.717) is 0 Å². The van der Waals surface area contributed by atoms with Crippen molar-refractivity contribution >= 4 is 12.6 Å². The van der Waals surface area contributed by atoms with Gasteiger partial charge in [0.05, 0.1) is 0 Å². The van der Waals surface area contributed by atoms with Crippen LogP contribution in [0.25, 0.3) is 0 Å². The van der Waals surface area contributed by atoms with E-state index in [4.69, 9.17) is 0 Å². The molecule has 0 aromatic rings. The van der Waals surface area contributed by atoms with Gasteiger partial charge in [-0.1, -0.05) is 6.58 Å². The van der Waals surface area contributed by atoms with Crippen LogP contribution < -0.4 is 5.43 Å². The molecule has 0 fully saturated rings. The minimum atomic E-state index is 1.43. The van der Waals surface area contributed by atoms with Gasteiger partial charge in [0.2, 0.25) is 0 Å². The Kier molecular flexibility index (Phi) is 5.06. The Morgan fingerprint density at radius 2 is 2.38 bits per heavy atom. The number of rotatable bonds is 3. The highest BCUT2D eigenvalue weighted by Gasteiger charge is 1.58. The van der Waals surface area contributed by atoms with E-state index in [1.165, 1.54) is 12.5 Å². The lowest BCUT2D eigenvalue weighted by Gasteiger charge is -1.81. The molecule has 0 amide bonds. The standard InChI is InChI=1S/C5H9N3/c1-3-6-5-8-7-4-2/h3-5H,1H2,2H3,(H,6,8)/b7-4+. The summed E-state index contributed by atoms with van der Waals surface area (Å²) in [4.78, 5) is 3.62. The average Bonchev–Trinajstić information content (AvgIpc) is 1.81. The molecule has 1 N–H and O–H groups in total. The second-order valence-electron chi connectivity index (χ2n) is 0.977. The van der Waals surface area contributed by atoms with Gasteiger partial charge < -0.3 is 0 Å². The molecule has 0 bridgehead atoms. The second-order valence-corrected chi connectivity index (χ2v) is 0.977. The normalized spacial score (nSPS) is 10.6. The SMILES string of the molecule is C=C/N=C\N/N=C/C. The van der Waals surface area contributed by atoms with Crippen LogP contribution in [-0.4, -0.2) is 12.6 Å². The molecule has 0 heterocycles. The monoisotopic (exact) mass is 111 g/mol. The van der Waals surface area contributed by atoms with E-state index in [1.807, 2.05) is 6.92 Å². The molecule has 0 radical (unpaired) electrons. The van der Waals surface area contributed by atoms with Gasteiger partial charge in [-0.15, -0.1) is 0 Å². The molecule has 0 saturated heterocycles. The Morgan fingerprint density at radius 1 is 1.62 bits per heavy atom. The Hall–Kier alpha value is -1.12. The zero-order valence-corrected chi connectivity index (χ0v) is 4.83. The summed E-state index contributed by atoms with van der Waals surface area (Å²) >= 11 is 0. The first kappa shape index (κ1) is 6.88. The maximum absolute atomic E-state index is 3.64. The average molecular weight is 111 g/mol. The smallest absolute Gasteiger partial charge is 0.108 e. The third-order valence-electron chi connectivity index (χ3n) is 0.441. The van der Waals surface area contributed by atoms with E-state index >= 15 is 0 Å². The van der Waals surface area contributed by atoms with Crippen LogP contribution in [0.1, 0.15) is 6.92 Å². The maximum atomic E-state index is 3.64. The molecule has 44 valence electrons. The van der Waals surface area contributed by atoms with Gasteiger partial charge in [0.15, 0.2) is 0 Å². The Bertz CT molecular complexity index is 104. The molecule has 0 aliphatic heterocycles. The zero-order chi connectivity index (χ0) is 6.24. The molecule has 0 aromatic carbocycles. The van der Waals surface area contributed by atoms with E-state index in [0.717, 1.165) is 0 Å². The summed E-state index contributed by atoms with van der Waals surface area (Å²) < 4.78 is 0. The Labute approximate surface area is 48.8 Å². The van der Waals surface area contributed by atoms with Crippen LogP contribution in [0.15, 0.2) is 22.9 Å². The number of hydrogen-bond donors (Lipinski definition) is 1. The lowest BCUT2D eigenvalue weighted by molar-refractivity contribution is 1.06. The van der Waals surface area contributed by atoms with Crippen LogP contribution in [0, 0.1) is 0 Å². The summed E-state index contributed by atoms with van der Waals surface area (Å²) in [5.41, 5.74) is 2.54. The predicted octanol–water partition coefficient (Wildman–Crippen LogP) is 0.754. The van der Waals surface area contributed by atoms with Crippen molar-refractivity contribution in [2.24, 2.45) is 10.1 Å². The van der Waals surface area contributed by atoms with Gasteiger partial charge in [-0.25, -0.2) is 4.99 Å². The highest BCUT2D eigenvalue weighted by molar-refractivity contribution is 5.59. The predicted molar refractivity (Wildman–Crippen MR) is 36.0 cm³/mol. The first-order chi connectivity index (χ1) is 3.91. The summed E-state index contributed by atoms with van der Waals surface area (Å²) in [6.07, 6.45) is 4.51. The van der Waals surface area contributed by atoms with Gasteiger partial charge in [-0.2, -0.15) is 5.10 Å². The lowest BCUT2D eigenvalue weighted by Crippen LogP contribution is -1.99. The fourth-order valence-corrected chi connectivity index (χ4v) is 0.194. The molecule has 0 saturated carbocycles. The first-order valence-corrected chi connectivity index (χ1v) is 2.27. The van der Waals surface area contributed by atoms with Crippen LogP contribution in [0.4, 0.5) is 0 Å². The molecule has 3 nitrogen and oxygen atoms in total. The highest BCUT2D eigenvalue weighted by Crippen LogP contribution is 1.59. The summed E-state index contributed by atoms with van der Waals surface area (Å²) in [6, 6.07) is 0. The molecular formula is C5H9N3. The van der Waals surface area contributed by atoms with E-state index in [2.05, 4.69) is 22.1 Å². The fraction of sp³-hybridized carbons (Fsp3) is 0.200. The van der Waals surface area contributed by atoms with Crippen molar-refractivity contribution in [1.29, 1.82) is 0 Å². The van der Waals surface area contributed by atoms with Gasteiger partial charge in [0.25, 0.3) is 0 Å². The van der Waals surface area contributed by atoms with E-state index in [1.54, 1.807) is 6.21 Å². The van der Waals surface area contributed by atoms with Crippen LogP contribution >= 0.6 is 0 Å². The molecule has 0 rings (SSSR count). The number of nitrogens with one attached hydrogen (secondary N) is 1. The molecule has 0 spiro atoms. The van der Waals surface area contributed by atoms with Crippen molar-refractivity contribution in [3.63, 3.8) is 0 Å². The van der Waals surface area contributed by atoms with Crippen molar-refractivity contribution in [2.45, 2.75) is 6.92 Å². The Morgan fingerprint density at radius 3 is 2.88 bits per heavy atom. The molecule has 0 unspecified atom stereocenters. The molecular weight excluding hydrogens is 102 g/mol. The van der Waals surface area contributed by atoms with Gasteiger partial charge in [-0.3, -0.25) is 5.43 Å². The van der Waals surface area contributed by atoms with Gasteiger partial charge >= 0.3 is 0 Å². The summed E-state index contributed by atoms with van der Waals surface area (Å²) in [5, 5.41) is 3.64. The zero-order valence-electron chi connectivity index (χ0n) is 4.83. The minimum Gasteiger partial charge on any atom is -0.268 e. The highest BCUT2D eigenvalue weighted by atomic mass is 15.3. The van der Waals surface area contributed by atoms with E-state index < -0.39 is 0 Å². The minimum absolute atomic E-state index is 1.43. The molecule has 8 heavy (non-hydrogen) atoms. The van der Waals surface area contributed by atoms with Crippen LogP contribution in [0.3, 0.4) is 0 Å². The van der Waals surface area contributed by atoms with Crippen molar-refractivity contribution in [1.82, 2.24) is 5.43 Å². The van der Waals surface area contributed by atoms with Crippen molar-refractivity contribution in [3.05, 3.63) is 12.8 Å². The lowest BCUT2D eigenvalue weighted by atomic mass is 10.9. The first-order valence-electron chi connectivity index (χ1n) is 2.27. The van der Waals surface area contributed by atoms with E-state index in [-0.39, 0.29) is 0 Å². The quantitative estimate of drug-likeness (QED) is 0.325. The van der Waals surface area contributed by atoms with Crippen molar-refractivity contribution in [3.8, 4) is 0 Å². The number of nitrogens with zero attached hydrogens (tertiary/aromatic N) is 2. The van der Waals surface area contributed by atoms with E-state index in [9.17, 15) is 0 Å². The summed E-state index contributed by atoms with van der Waals surface area (Å²) in [6.45, 7) is 5.18. The molecule has 3 heteroatoms. The third kappa shape index (κ3) is 4.88. The fourth-order valence-electron chi connectivity index (χ4n) is 0.194. The second kappa shape index (κ2) is 5.88. The van der Waals surface area contributed by atoms with Crippen LogP contribution in [0.2, 0.25) is 0 Å². The van der Waals surface area contributed by atoms with Gasteiger partial charge in [-0.05, 0) is 6.92 Å². The molecule has 0 atom stereocenters. The Balaban J connectivity index is 3.15. The van der Waals surface area contributed by atoms with Crippen LogP contribution in [-0.2, 0) is 0 Å². The molecule has 0 aliphatic rings. The number of hydrogen-bond acceptors (Lipinski definition) is 2. The summed E-state index contributed by atoms with van der Waals surface area (Å²) in [7, 11) is 0. The van der Waals surface area contributed by atoms with Crippen molar-refractivity contribution < 1.29 is 0 Å². The van der Waals surface area contributed by atoms with Crippen LogP contribution in [0.5, 0.6) is 0 Å².